The molecule has 0 aliphatic carbocycles. The minimum Gasteiger partial charge on any atom is -0.482 e. The molecule has 0 bridgehead atoms. The van der Waals surface area contributed by atoms with Gasteiger partial charge in [0.25, 0.3) is 0 Å². The zero-order chi connectivity index (χ0) is 24.1. The van der Waals surface area contributed by atoms with Crippen molar-refractivity contribution in [2.24, 2.45) is 0 Å². The maximum Gasteiger partial charge on any atom is 0.341 e. The fraction of sp³-hybridized carbons (Fsp3) is 0.385. The van der Waals surface area contributed by atoms with Crippen LogP contribution < -0.4 is 4.74 Å². The molecule has 1 aliphatic heterocycles. The van der Waals surface area contributed by atoms with E-state index in [1.807, 2.05) is 49.5 Å². The van der Waals surface area contributed by atoms with Crippen molar-refractivity contribution in [3.05, 3.63) is 65.9 Å². The first-order chi connectivity index (χ1) is 16.4. The van der Waals surface area contributed by atoms with Gasteiger partial charge in [-0.15, -0.1) is 0 Å². The van der Waals surface area contributed by atoms with Crippen LogP contribution in [0.2, 0.25) is 0 Å². The number of rotatable bonds is 10. The van der Waals surface area contributed by atoms with Crippen LogP contribution in [-0.4, -0.2) is 73.3 Å². The quantitative estimate of drug-likeness (QED) is 0.490. The SMILES string of the molecule is COC1CCN(CC(c2cccc(OCC(=O)O)c2)N(C)C(=O)Cc2coc3ccccc23)C1. The van der Waals surface area contributed by atoms with Crippen LogP contribution in [0.1, 0.15) is 23.6 Å². The Morgan fingerprint density at radius 1 is 1.24 bits per heavy atom. The Morgan fingerprint density at radius 3 is 2.82 bits per heavy atom. The molecule has 3 aromatic rings. The van der Waals surface area contributed by atoms with Gasteiger partial charge in [0.2, 0.25) is 5.91 Å². The molecule has 1 aliphatic rings. The summed E-state index contributed by atoms with van der Waals surface area (Å²) < 4.78 is 16.5. The Morgan fingerprint density at radius 2 is 2.06 bits per heavy atom. The third kappa shape index (κ3) is 5.58. The van der Waals surface area contributed by atoms with Crippen molar-refractivity contribution < 1.29 is 28.6 Å². The number of nitrogens with zero attached hydrogens (tertiary/aromatic N) is 2. The van der Waals surface area contributed by atoms with E-state index in [-0.39, 0.29) is 24.5 Å². The molecule has 2 aromatic carbocycles. The van der Waals surface area contributed by atoms with Crippen molar-refractivity contribution in [3.8, 4) is 5.75 Å². The van der Waals surface area contributed by atoms with Gasteiger partial charge >= 0.3 is 5.97 Å². The van der Waals surface area contributed by atoms with Gasteiger partial charge in [-0.1, -0.05) is 30.3 Å². The predicted octanol–water partition coefficient (Wildman–Crippen LogP) is 3.36. The van der Waals surface area contributed by atoms with Gasteiger partial charge in [-0.3, -0.25) is 9.69 Å². The van der Waals surface area contributed by atoms with E-state index in [1.165, 1.54) is 0 Å². The number of fused-ring (bicyclic) bond motifs is 1. The lowest BCUT2D eigenvalue weighted by atomic mass is 10.0. The highest BCUT2D eigenvalue weighted by molar-refractivity contribution is 5.87. The van der Waals surface area contributed by atoms with Gasteiger partial charge in [0, 0.05) is 44.7 Å². The lowest BCUT2D eigenvalue weighted by Gasteiger charge is -2.32. The summed E-state index contributed by atoms with van der Waals surface area (Å²) in [6, 6.07) is 14.7. The highest BCUT2D eigenvalue weighted by Crippen LogP contribution is 2.28. The van der Waals surface area contributed by atoms with Crippen molar-refractivity contribution >= 4 is 22.8 Å². The van der Waals surface area contributed by atoms with E-state index in [1.54, 1.807) is 24.3 Å². The molecule has 1 N–H and O–H groups in total. The van der Waals surface area contributed by atoms with Crippen molar-refractivity contribution in [1.29, 1.82) is 0 Å². The number of furan rings is 1. The summed E-state index contributed by atoms with van der Waals surface area (Å²) in [5.74, 6) is -0.608. The number of carbonyl (C=O) groups excluding carboxylic acids is 1. The molecule has 8 heteroatoms. The number of aliphatic carboxylic acids is 1. The second kappa shape index (κ2) is 10.7. The first-order valence-corrected chi connectivity index (χ1v) is 11.3. The number of carboxylic acid groups (broad SMARTS) is 1. The first-order valence-electron chi connectivity index (χ1n) is 11.3. The minimum absolute atomic E-state index is 0.0316. The van der Waals surface area contributed by atoms with Crippen molar-refractivity contribution in [3.63, 3.8) is 0 Å². The number of benzene rings is 2. The zero-order valence-corrected chi connectivity index (χ0v) is 19.5. The average Bonchev–Trinajstić information content (AvgIpc) is 3.48. The number of methoxy groups -OCH3 is 1. The fourth-order valence-corrected chi connectivity index (χ4v) is 4.44. The van der Waals surface area contributed by atoms with Crippen molar-refractivity contribution in [1.82, 2.24) is 9.80 Å². The predicted molar refractivity (Wildman–Crippen MR) is 127 cm³/mol. The topological polar surface area (TPSA) is 92.5 Å². The first kappa shape index (κ1) is 23.8. The number of likely N-dealkylation sites (tertiary alicyclic amines) is 1. The molecule has 1 amide bonds. The van der Waals surface area contributed by atoms with E-state index in [0.29, 0.717) is 12.3 Å². The molecule has 0 spiro atoms. The Kier molecular flexibility index (Phi) is 7.49. The van der Waals surface area contributed by atoms with Crippen LogP contribution in [0.5, 0.6) is 5.75 Å². The molecular formula is C26H30N2O6. The van der Waals surface area contributed by atoms with E-state index in [9.17, 15) is 9.59 Å². The Labute approximate surface area is 198 Å². The molecule has 4 rings (SSSR count). The number of carboxylic acids is 1. The minimum atomic E-state index is -1.04. The van der Waals surface area contributed by atoms with Gasteiger partial charge in [-0.25, -0.2) is 4.79 Å². The summed E-state index contributed by atoms with van der Waals surface area (Å²) in [5.41, 5.74) is 2.50. The third-order valence-electron chi connectivity index (χ3n) is 6.36. The fourth-order valence-electron chi connectivity index (χ4n) is 4.44. The number of carbonyl (C=O) groups is 2. The summed E-state index contributed by atoms with van der Waals surface area (Å²) >= 11 is 0. The van der Waals surface area contributed by atoms with Gasteiger partial charge in [0.15, 0.2) is 6.61 Å². The normalized spacial score (nSPS) is 17.1. The molecule has 180 valence electrons. The molecule has 2 unspecified atom stereocenters. The molecule has 0 saturated carbocycles. The number of likely N-dealkylation sites (N-methyl/N-ethyl adjacent to an activating group) is 1. The van der Waals surface area contributed by atoms with Crippen LogP contribution in [0.4, 0.5) is 0 Å². The Balaban J connectivity index is 1.56. The summed E-state index contributed by atoms with van der Waals surface area (Å²) in [6.45, 7) is 1.91. The molecule has 2 heterocycles. The van der Waals surface area contributed by atoms with E-state index in [4.69, 9.17) is 19.0 Å². The van der Waals surface area contributed by atoms with Gasteiger partial charge < -0.3 is 23.9 Å². The Bertz CT molecular complexity index is 1140. The second-order valence-corrected chi connectivity index (χ2v) is 8.62. The van der Waals surface area contributed by atoms with Gasteiger partial charge in [-0.2, -0.15) is 0 Å². The number of para-hydroxylation sites is 1. The van der Waals surface area contributed by atoms with Crippen LogP contribution in [0, 0.1) is 0 Å². The van der Waals surface area contributed by atoms with Gasteiger partial charge in [0.1, 0.15) is 11.3 Å². The zero-order valence-electron chi connectivity index (χ0n) is 19.5. The van der Waals surface area contributed by atoms with Gasteiger partial charge in [0.05, 0.1) is 24.8 Å². The van der Waals surface area contributed by atoms with Gasteiger partial charge in [-0.05, 0) is 30.2 Å². The lowest BCUT2D eigenvalue weighted by Crippen LogP contribution is -2.39. The maximum absolute atomic E-state index is 13.4. The number of hydrogen-bond acceptors (Lipinski definition) is 6. The van der Waals surface area contributed by atoms with Crippen molar-refractivity contribution in [2.75, 3.05) is 40.4 Å². The van der Waals surface area contributed by atoms with E-state index < -0.39 is 12.6 Å². The molecule has 1 fully saturated rings. The molecule has 0 radical (unpaired) electrons. The Hall–Kier alpha value is -3.36. The third-order valence-corrected chi connectivity index (χ3v) is 6.36. The molecule has 34 heavy (non-hydrogen) atoms. The van der Waals surface area contributed by atoms with Crippen LogP contribution >= 0.6 is 0 Å². The molecule has 1 aromatic heterocycles. The number of ether oxygens (including phenoxy) is 2. The smallest absolute Gasteiger partial charge is 0.341 e. The standard InChI is InChI=1S/C26H30N2O6/c1-27(25(29)13-19-16-34-24-9-4-3-8-22(19)24)23(15-28-11-10-21(14-28)32-2)18-6-5-7-20(12-18)33-17-26(30)31/h3-9,12,16,21,23H,10-11,13-15,17H2,1-2H3,(H,30,31). The van der Waals surface area contributed by atoms with E-state index in [0.717, 1.165) is 41.6 Å². The van der Waals surface area contributed by atoms with E-state index >= 15 is 0 Å². The summed E-state index contributed by atoms with van der Waals surface area (Å²) in [7, 11) is 3.53. The van der Waals surface area contributed by atoms with Crippen LogP contribution in [0.15, 0.2) is 59.2 Å². The van der Waals surface area contributed by atoms with Crippen LogP contribution in [-0.2, 0) is 20.7 Å². The molecule has 1 saturated heterocycles. The second-order valence-electron chi connectivity index (χ2n) is 8.62. The van der Waals surface area contributed by atoms with Crippen LogP contribution in [0.3, 0.4) is 0 Å². The highest BCUT2D eigenvalue weighted by Gasteiger charge is 2.29. The molecule has 2 atom stereocenters. The summed E-state index contributed by atoms with van der Waals surface area (Å²) in [4.78, 5) is 28.4. The average molecular weight is 467 g/mol. The van der Waals surface area contributed by atoms with E-state index in [2.05, 4.69) is 4.90 Å². The molecule has 8 nitrogen and oxygen atoms in total. The lowest BCUT2D eigenvalue weighted by molar-refractivity contribution is -0.139. The largest absolute Gasteiger partial charge is 0.482 e. The maximum atomic E-state index is 13.4. The number of amides is 1. The van der Waals surface area contributed by atoms with Crippen molar-refractivity contribution in [2.45, 2.75) is 25.0 Å². The molecular weight excluding hydrogens is 436 g/mol. The summed E-state index contributed by atoms with van der Waals surface area (Å²) in [6.07, 6.45) is 3.00. The van der Waals surface area contributed by atoms with Crippen LogP contribution in [0.25, 0.3) is 11.0 Å². The monoisotopic (exact) mass is 466 g/mol. The summed E-state index contributed by atoms with van der Waals surface area (Å²) in [5, 5.41) is 9.88. The number of hydrogen-bond donors (Lipinski definition) is 1. The highest BCUT2D eigenvalue weighted by atomic mass is 16.5.